The summed E-state index contributed by atoms with van der Waals surface area (Å²) >= 11 is 0. The predicted octanol–water partition coefficient (Wildman–Crippen LogP) is 4.91. The van der Waals surface area contributed by atoms with Crippen molar-refractivity contribution in [1.82, 2.24) is 9.97 Å². The van der Waals surface area contributed by atoms with Crippen LogP contribution in [0.5, 0.6) is 0 Å². The maximum atomic E-state index is 12.9. The Hall–Kier alpha value is -2.67. The average Bonchev–Trinajstić information content (AvgIpc) is 2.79. The zero-order valence-corrected chi connectivity index (χ0v) is 20.1. The molecule has 4 aliphatic carbocycles. The van der Waals surface area contributed by atoms with Crippen LogP contribution in [0.25, 0.3) is 0 Å². The second-order valence-corrected chi connectivity index (χ2v) is 11.1. The van der Waals surface area contributed by atoms with Crippen molar-refractivity contribution in [2.24, 2.45) is 23.2 Å². The van der Waals surface area contributed by atoms with Crippen molar-refractivity contribution in [2.75, 3.05) is 41.8 Å². The number of nitrogens with one attached hydrogen (secondary N) is 2. The van der Waals surface area contributed by atoms with Gasteiger partial charge in [-0.2, -0.15) is 0 Å². The van der Waals surface area contributed by atoms with E-state index in [1.54, 1.807) is 0 Å². The number of aryl methyl sites for hydroxylation is 1. The summed E-state index contributed by atoms with van der Waals surface area (Å²) in [4.78, 5) is 24.3. The highest BCUT2D eigenvalue weighted by atomic mass is 16.5. The molecule has 0 radical (unpaired) electrons. The van der Waals surface area contributed by atoms with Gasteiger partial charge in [-0.15, -0.1) is 0 Å². The SMILES string of the molecule is Cc1nc(Nc2ccc(NC(=O)CC34CC5CC(CC(C5)C3)C4)cc2)cc(N2CCOCC2)n1. The number of carbonyl (C=O) groups is 1. The fourth-order valence-corrected chi connectivity index (χ4v) is 7.41. The molecule has 7 rings (SSSR count). The number of rotatable bonds is 6. The number of nitrogens with zero attached hydrogens (tertiary/aromatic N) is 3. The van der Waals surface area contributed by atoms with E-state index in [-0.39, 0.29) is 11.3 Å². The molecule has 5 fully saturated rings. The fraction of sp³-hybridized carbons (Fsp3) is 0.593. The van der Waals surface area contributed by atoms with Crippen molar-refractivity contribution in [3.63, 3.8) is 0 Å². The Balaban J connectivity index is 1.08. The van der Waals surface area contributed by atoms with Gasteiger partial charge in [-0.25, -0.2) is 9.97 Å². The highest BCUT2D eigenvalue weighted by molar-refractivity contribution is 5.91. The minimum Gasteiger partial charge on any atom is -0.378 e. The van der Waals surface area contributed by atoms with Gasteiger partial charge >= 0.3 is 0 Å². The Morgan fingerprint density at radius 1 is 1.00 bits per heavy atom. The van der Waals surface area contributed by atoms with Crippen LogP contribution in [-0.2, 0) is 9.53 Å². The summed E-state index contributed by atoms with van der Waals surface area (Å²) < 4.78 is 5.45. The number of anilines is 4. The Morgan fingerprint density at radius 2 is 1.62 bits per heavy atom. The molecule has 2 aromatic rings. The molecule has 1 aromatic heterocycles. The molecule has 5 aliphatic rings. The maximum Gasteiger partial charge on any atom is 0.224 e. The third-order valence-electron chi connectivity index (χ3n) is 8.30. The lowest BCUT2D eigenvalue weighted by Crippen LogP contribution is -2.47. The summed E-state index contributed by atoms with van der Waals surface area (Å²) in [5, 5.41) is 6.54. The van der Waals surface area contributed by atoms with Crippen LogP contribution in [0.1, 0.15) is 50.8 Å². The molecule has 0 atom stereocenters. The van der Waals surface area contributed by atoms with E-state index in [1.165, 1.54) is 38.5 Å². The van der Waals surface area contributed by atoms with Crippen LogP contribution >= 0.6 is 0 Å². The van der Waals surface area contributed by atoms with Crippen molar-refractivity contribution in [2.45, 2.75) is 51.9 Å². The number of aromatic nitrogens is 2. The second kappa shape index (κ2) is 8.84. The summed E-state index contributed by atoms with van der Waals surface area (Å²) in [5.74, 6) is 5.22. The van der Waals surface area contributed by atoms with Crippen LogP contribution in [-0.4, -0.2) is 42.2 Å². The van der Waals surface area contributed by atoms with Gasteiger partial charge in [0.15, 0.2) is 0 Å². The maximum absolute atomic E-state index is 12.9. The van der Waals surface area contributed by atoms with Crippen LogP contribution in [0, 0.1) is 30.1 Å². The first kappa shape index (κ1) is 21.8. The van der Waals surface area contributed by atoms with E-state index < -0.39 is 0 Å². The Bertz CT molecular complexity index is 1010. The molecule has 180 valence electrons. The van der Waals surface area contributed by atoms with E-state index in [9.17, 15) is 4.79 Å². The number of morpholine rings is 1. The quantitative estimate of drug-likeness (QED) is 0.636. The first-order chi connectivity index (χ1) is 16.5. The molecule has 0 unspecified atom stereocenters. The minimum absolute atomic E-state index is 0.171. The summed E-state index contributed by atoms with van der Waals surface area (Å²) in [6.07, 6.45) is 8.71. The molecule has 4 bridgehead atoms. The first-order valence-electron chi connectivity index (χ1n) is 12.9. The number of amides is 1. The van der Waals surface area contributed by atoms with Gasteiger partial charge in [0.25, 0.3) is 0 Å². The molecule has 1 saturated heterocycles. The second-order valence-electron chi connectivity index (χ2n) is 11.1. The third-order valence-corrected chi connectivity index (χ3v) is 8.30. The zero-order valence-electron chi connectivity index (χ0n) is 20.1. The van der Waals surface area contributed by atoms with Gasteiger partial charge in [0, 0.05) is 37.0 Å². The van der Waals surface area contributed by atoms with Crippen LogP contribution in [0.3, 0.4) is 0 Å². The van der Waals surface area contributed by atoms with Gasteiger partial charge in [0.2, 0.25) is 5.91 Å². The summed E-state index contributed by atoms with van der Waals surface area (Å²) in [6.45, 7) is 5.04. The Kier molecular flexibility index (Phi) is 5.68. The van der Waals surface area contributed by atoms with Crippen LogP contribution in [0.15, 0.2) is 30.3 Å². The van der Waals surface area contributed by atoms with Gasteiger partial charge in [0.05, 0.1) is 13.2 Å². The van der Waals surface area contributed by atoms with E-state index in [4.69, 9.17) is 4.74 Å². The molecule has 1 amide bonds. The van der Waals surface area contributed by atoms with E-state index in [2.05, 4.69) is 25.5 Å². The summed E-state index contributed by atoms with van der Waals surface area (Å²) in [5.41, 5.74) is 2.06. The highest BCUT2D eigenvalue weighted by Crippen LogP contribution is 2.61. The topological polar surface area (TPSA) is 79.4 Å². The average molecular weight is 462 g/mol. The number of benzene rings is 1. The number of ether oxygens (including phenoxy) is 1. The van der Waals surface area contributed by atoms with Crippen molar-refractivity contribution in [3.8, 4) is 0 Å². The van der Waals surface area contributed by atoms with Crippen LogP contribution in [0.4, 0.5) is 23.0 Å². The first-order valence-corrected chi connectivity index (χ1v) is 12.9. The van der Waals surface area contributed by atoms with Gasteiger partial charge in [0.1, 0.15) is 17.5 Å². The fourth-order valence-electron chi connectivity index (χ4n) is 7.41. The molecule has 34 heavy (non-hydrogen) atoms. The molecular formula is C27H35N5O2. The molecule has 7 heteroatoms. The summed E-state index contributed by atoms with van der Waals surface area (Å²) in [6, 6.07) is 9.91. The normalized spacial score (nSPS) is 29.8. The molecule has 1 aromatic carbocycles. The zero-order chi connectivity index (χ0) is 23.1. The van der Waals surface area contributed by atoms with E-state index in [1.807, 2.05) is 37.3 Å². The lowest BCUT2D eigenvalue weighted by molar-refractivity contribution is -0.124. The van der Waals surface area contributed by atoms with Gasteiger partial charge < -0.3 is 20.3 Å². The van der Waals surface area contributed by atoms with E-state index >= 15 is 0 Å². The Labute approximate surface area is 201 Å². The largest absolute Gasteiger partial charge is 0.378 e. The van der Waals surface area contributed by atoms with Gasteiger partial charge in [-0.05, 0) is 92.9 Å². The van der Waals surface area contributed by atoms with Gasteiger partial charge in [-0.3, -0.25) is 4.79 Å². The van der Waals surface area contributed by atoms with Crippen molar-refractivity contribution >= 4 is 28.9 Å². The van der Waals surface area contributed by atoms with E-state index in [0.29, 0.717) is 6.42 Å². The number of carbonyl (C=O) groups excluding carboxylic acids is 1. The molecule has 4 saturated carbocycles. The van der Waals surface area contributed by atoms with Crippen LogP contribution in [0.2, 0.25) is 0 Å². The Morgan fingerprint density at radius 3 is 2.26 bits per heavy atom. The number of hydrogen-bond acceptors (Lipinski definition) is 6. The molecule has 2 heterocycles. The third kappa shape index (κ3) is 4.63. The monoisotopic (exact) mass is 461 g/mol. The standard InChI is InChI=1S/C27H35N5O2/c1-18-28-24(13-25(29-18)32-6-8-34-9-7-32)30-22-2-4-23(5-3-22)31-26(33)17-27-14-19-10-20(15-27)12-21(11-19)16-27/h2-5,13,19-21H,6-12,14-17H2,1H3,(H,31,33)(H,28,29,30). The lowest BCUT2D eigenvalue weighted by atomic mass is 9.49. The predicted molar refractivity (Wildman–Crippen MR) is 133 cm³/mol. The number of hydrogen-bond donors (Lipinski definition) is 2. The van der Waals surface area contributed by atoms with Gasteiger partial charge in [-0.1, -0.05) is 0 Å². The molecule has 0 spiro atoms. The summed E-state index contributed by atoms with van der Waals surface area (Å²) in [7, 11) is 0. The molecule has 7 nitrogen and oxygen atoms in total. The van der Waals surface area contributed by atoms with Crippen molar-refractivity contribution in [1.29, 1.82) is 0 Å². The highest BCUT2D eigenvalue weighted by Gasteiger charge is 2.51. The minimum atomic E-state index is 0.171. The van der Waals surface area contributed by atoms with Crippen LogP contribution < -0.4 is 15.5 Å². The van der Waals surface area contributed by atoms with Crippen molar-refractivity contribution in [3.05, 3.63) is 36.2 Å². The lowest BCUT2D eigenvalue weighted by Gasteiger charge is -2.56. The molecule has 1 aliphatic heterocycles. The van der Waals surface area contributed by atoms with Crippen molar-refractivity contribution < 1.29 is 9.53 Å². The van der Waals surface area contributed by atoms with E-state index in [0.717, 1.165) is 72.9 Å². The molecule has 2 N–H and O–H groups in total. The smallest absolute Gasteiger partial charge is 0.224 e. The molecular weight excluding hydrogens is 426 g/mol.